The molecule has 0 spiro atoms. The number of benzene rings is 5. The van der Waals surface area contributed by atoms with Crippen LogP contribution < -0.4 is 4.72 Å². The first-order valence-corrected chi connectivity index (χ1v) is 14.1. The summed E-state index contributed by atoms with van der Waals surface area (Å²) in [4.78, 5) is 0.233. The largest absolute Gasteiger partial charge is 0.241 e. The van der Waals surface area contributed by atoms with Crippen molar-refractivity contribution in [3.8, 4) is 0 Å². The lowest BCUT2D eigenvalue weighted by Gasteiger charge is -2.36. The highest BCUT2D eigenvalue weighted by molar-refractivity contribution is 7.89. The molecule has 1 N–H and O–H groups in total. The van der Waals surface area contributed by atoms with Crippen molar-refractivity contribution in [3.05, 3.63) is 173 Å². The van der Waals surface area contributed by atoms with Crippen molar-refractivity contribution in [3.63, 3.8) is 0 Å². The first-order chi connectivity index (χ1) is 18.5. The van der Waals surface area contributed by atoms with Crippen molar-refractivity contribution >= 4 is 21.2 Å². The molecule has 0 bridgehead atoms. The van der Waals surface area contributed by atoms with Crippen LogP contribution in [0.15, 0.2) is 144 Å². The van der Waals surface area contributed by atoms with Crippen molar-refractivity contribution in [2.45, 2.75) is 17.4 Å². The van der Waals surface area contributed by atoms with Crippen LogP contribution in [-0.4, -0.2) is 8.42 Å². The van der Waals surface area contributed by atoms with Crippen LogP contribution in [-0.2, 0) is 15.6 Å². The van der Waals surface area contributed by atoms with Gasteiger partial charge in [-0.2, -0.15) is 4.72 Å². The van der Waals surface area contributed by atoms with Crippen molar-refractivity contribution in [1.82, 2.24) is 4.72 Å². The third-order valence-electron chi connectivity index (χ3n) is 7.18. The molecular formula is C34H27NO2S. The Morgan fingerprint density at radius 1 is 0.579 bits per heavy atom. The topological polar surface area (TPSA) is 46.2 Å². The highest BCUT2D eigenvalue weighted by Crippen LogP contribution is 2.55. The summed E-state index contributed by atoms with van der Waals surface area (Å²) in [5, 5.41) is 0. The maximum Gasteiger partial charge on any atom is 0.241 e. The molecule has 6 rings (SSSR count). The minimum Gasteiger partial charge on any atom is -0.207 e. The Morgan fingerprint density at radius 3 is 1.74 bits per heavy atom. The zero-order valence-electron chi connectivity index (χ0n) is 21.0. The summed E-state index contributed by atoms with van der Waals surface area (Å²) >= 11 is 0. The number of rotatable bonds is 6. The summed E-state index contributed by atoms with van der Waals surface area (Å²) in [6.07, 6.45) is 0. The lowest BCUT2D eigenvalue weighted by atomic mass is 9.77. The maximum absolute atomic E-state index is 14.2. The van der Waals surface area contributed by atoms with Gasteiger partial charge in [0.25, 0.3) is 0 Å². The van der Waals surface area contributed by atoms with E-state index < -0.39 is 15.6 Å². The molecule has 3 nitrogen and oxygen atoms in total. The molecule has 0 aliphatic heterocycles. The minimum atomic E-state index is -3.94. The Kier molecular flexibility index (Phi) is 6.07. The summed E-state index contributed by atoms with van der Waals surface area (Å²) in [6.45, 7) is 1.95. The minimum absolute atomic E-state index is 0.233. The van der Waals surface area contributed by atoms with Crippen LogP contribution in [0, 0.1) is 6.92 Å². The second-order valence-corrected chi connectivity index (χ2v) is 11.2. The molecule has 0 heterocycles. The Balaban J connectivity index is 1.74. The van der Waals surface area contributed by atoms with E-state index in [4.69, 9.17) is 0 Å². The SMILES string of the molecule is Cc1ccc(S(=O)(=O)NC2(c3ccccc3)C(c3ccccc3)=C(c3ccccc3)c3ccccc32)cc1. The fourth-order valence-corrected chi connectivity index (χ4v) is 6.83. The highest BCUT2D eigenvalue weighted by atomic mass is 32.2. The Morgan fingerprint density at radius 2 is 1.11 bits per heavy atom. The fraction of sp³-hybridized carbons (Fsp3) is 0.0588. The first kappa shape index (κ1) is 24.1. The van der Waals surface area contributed by atoms with E-state index in [1.807, 2.05) is 104 Å². The average molecular weight is 514 g/mol. The van der Waals surface area contributed by atoms with Crippen LogP contribution in [0.4, 0.5) is 0 Å². The van der Waals surface area contributed by atoms with E-state index in [-0.39, 0.29) is 4.90 Å². The van der Waals surface area contributed by atoms with E-state index in [0.29, 0.717) is 0 Å². The normalized spacial score (nSPS) is 16.9. The number of fused-ring (bicyclic) bond motifs is 1. The van der Waals surface area contributed by atoms with Gasteiger partial charge in [0.1, 0.15) is 5.54 Å². The van der Waals surface area contributed by atoms with Gasteiger partial charge in [0.05, 0.1) is 4.90 Å². The van der Waals surface area contributed by atoms with Gasteiger partial charge in [-0.25, -0.2) is 8.42 Å². The van der Waals surface area contributed by atoms with Crippen LogP contribution in [0.2, 0.25) is 0 Å². The number of hydrogen-bond acceptors (Lipinski definition) is 2. The smallest absolute Gasteiger partial charge is 0.207 e. The van der Waals surface area contributed by atoms with Crippen LogP contribution >= 0.6 is 0 Å². The first-order valence-electron chi connectivity index (χ1n) is 12.6. The van der Waals surface area contributed by atoms with E-state index in [2.05, 4.69) is 35.1 Å². The molecule has 0 amide bonds. The van der Waals surface area contributed by atoms with E-state index >= 15 is 0 Å². The molecular weight excluding hydrogens is 486 g/mol. The van der Waals surface area contributed by atoms with Gasteiger partial charge in [-0.3, -0.25) is 0 Å². The molecule has 1 atom stereocenters. The van der Waals surface area contributed by atoms with Crippen molar-refractivity contribution in [2.24, 2.45) is 0 Å². The van der Waals surface area contributed by atoms with Gasteiger partial charge in [0.15, 0.2) is 0 Å². The summed E-state index contributed by atoms with van der Waals surface area (Å²) in [7, 11) is -3.94. The Hall–Kier alpha value is -4.25. The van der Waals surface area contributed by atoms with Gasteiger partial charge in [-0.1, -0.05) is 133 Å². The standard InChI is InChI=1S/C34H27NO2S/c1-25-21-23-29(24-22-25)38(36,37)35-34(28-17-9-4-10-18-28)31-20-12-11-19-30(31)32(26-13-5-2-6-14-26)33(34)27-15-7-3-8-16-27/h2-24,35H,1H3. The van der Waals surface area contributed by atoms with E-state index in [9.17, 15) is 8.42 Å². The average Bonchev–Trinajstić information content (AvgIpc) is 3.25. The molecule has 186 valence electrons. The van der Waals surface area contributed by atoms with Gasteiger partial charge in [0.2, 0.25) is 10.0 Å². The molecule has 38 heavy (non-hydrogen) atoms. The van der Waals surface area contributed by atoms with E-state index in [0.717, 1.165) is 44.5 Å². The number of sulfonamides is 1. The number of nitrogens with one attached hydrogen (secondary N) is 1. The molecule has 0 saturated heterocycles. The Labute approximate surface area is 224 Å². The van der Waals surface area contributed by atoms with Gasteiger partial charge in [-0.05, 0) is 58.0 Å². The second kappa shape index (κ2) is 9.56. The lowest BCUT2D eigenvalue weighted by Crippen LogP contribution is -2.46. The molecule has 0 fully saturated rings. The van der Waals surface area contributed by atoms with Gasteiger partial charge < -0.3 is 0 Å². The Bertz CT molecular complexity index is 1730. The van der Waals surface area contributed by atoms with Crippen molar-refractivity contribution in [1.29, 1.82) is 0 Å². The van der Waals surface area contributed by atoms with Crippen molar-refractivity contribution in [2.75, 3.05) is 0 Å². The van der Waals surface area contributed by atoms with Crippen LogP contribution in [0.3, 0.4) is 0 Å². The second-order valence-electron chi connectivity index (χ2n) is 9.56. The monoisotopic (exact) mass is 513 g/mol. The molecule has 0 saturated carbocycles. The van der Waals surface area contributed by atoms with Crippen LogP contribution in [0.5, 0.6) is 0 Å². The zero-order valence-corrected chi connectivity index (χ0v) is 21.8. The van der Waals surface area contributed by atoms with E-state index in [1.54, 1.807) is 12.1 Å². The van der Waals surface area contributed by atoms with Gasteiger partial charge in [0, 0.05) is 0 Å². The molecule has 1 aliphatic rings. The molecule has 4 heteroatoms. The molecule has 0 aromatic heterocycles. The quantitative estimate of drug-likeness (QED) is 0.261. The van der Waals surface area contributed by atoms with Crippen LogP contribution in [0.1, 0.15) is 33.4 Å². The summed E-state index contributed by atoms with van der Waals surface area (Å²) in [5.74, 6) is 0. The molecule has 5 aromatic rings. The number of aryl methyl sites for hydroxylation is 1. The third kappa shape index (κ3) is 3.99. The van der Waals surface area contributed by atoms with Gasteiger partial charge >= 0.3 is 0 Å². The highest BCUT2D eigenvalue weighted by Gasteiger charge is 2.49. The molecule has 1 unspecified atom stereocenters. The van der Waals surface area contributed by atoms with Crippen LogP contribution in [0.25, 0.3) is 11.1 Å². The number of hydrogen-bond donors (Lipinski definition) is 1. The maximum atomic E-state index is 14.2. The molecule has 1 aliphatic carbocycles. The summed E-state index contributed by atoms with van der Waals surface area (Å²) in [6, 6.07) is 45.3. The fourth-order valence-electron chi connectivity index (χ4n) is 5.49. The predicted molar refractivity (Wildman–Crippen MR) is 154 cm³/mol. The third-order valence-corrected chi connectivity index (χ3v) is 8.64. The van der Waals surface area contributed by atoms with Crippen molar-refractivity contribution < 1.29 is 8.42 Å². The summed E-state index contributed by atoms with van der Waals surface area (Å²) in [5.41, 5.74) is 6.53. The van der Waals surface area contributed by atoms with Gasteiger partial charge in [-0.15, -0.1) is 0 Å². The summed E-state index contributed by atoms with van der Waals surface area (Å²) < 4.78 is 31.6. The molecule has 0 radical (unpaired) electrons. The zero-order chi connectivity index (χ0) is 26.2. The lowest BCUT2D eigenvalue weighted by molar-refractivity contribution is 0.547. The molecule has 5 aromatic carbocycles. The van der Waals surface area contributed by atoms with E-state index in [1.165, 1.54) is 0 Å². The predicted octanol–water partition coefficient (Wildman–Crippen LogP) is 7.19.